The van der Waals surface area contributed by atoms with Gasteiger partial charge in [-0.2, -0.15) is 0 Å². The van der Waals surface area contributed by atoms with Gasteiger partial charge in [-0.15, -0.1) is 0 Å². The molecule has 0 N–H and O–H groups in total. The van der Waals surface area contributed by atoms with Gasteiger partial charge in [-0.3, -0.25) is 9.69 Å². The van der Waals surface area contributed by atoms with Gasteiger partial charge >= 0.3 is 5.97 Å². The minimum Gasteiger partial charge on any atom is -0.469 e. The first-order valence-corrected chi connectivity index (χ1v) is 7.38. The number of nitrogens with zero attached hydrogens (tertiary/aromatic N) is 1. The summed E-state index contributed by atoms with van der Waals surface area (Å²) in [6.45, 7) is 9.32. The molecule has 1 aromatic carbocycles. The van der Waals surface area contributed by atoms with E-state index in [1.807, 2.05) is 0 Å². The molecule has 0 aromatic heterocycles. The van der Waals surface area contributed by atoms with Gasteiger partial charge in [0, 0.05) is 13.1 Å². The fourth-order valence-electron chi connectivity index (χ4n) is 3.24. The van der Waals surface area contributed by atoms with E-state index in [9.17, 15) is 4.79 Å². The molecule has 0 spiro atoms. The maximum atomic E-state index is 11.7. The largest absolute Gasteiger partial charge is 0.469 e. The Bertz CT molecular complexity index is 473. The van der Waals surface area contributed by atoms with Crippen LogP contribution in [-0.4, -0.2) is 31.1 Å². The van der Waals surface area contributed by atoms with E-state index in [1.165, 1.54) is 29.4 Å². The Morgan fingerprint density at radius 3 is 2.55 bits per heavy atom. The van der Waals surface area contributed by atoms with Crippen molar-refractivity contribution in [3.8, 4) is 0 Å². The van der Waals surface area contributed by atoms with Crippen LogP contribution < -0.4 is 0 Å². The van der Waals surface area contributed by atoms with Gasteiger partial charge in [-0.25, -0.2) is 0 Å². The third-order valence-corrected chi connectivity index (χ3v) is 4.26. The molecule has 1 fully saturated rings. The minimum absolute atomic E-state index is 0.0415. The summed E-state index contributed by atoms with van der Waals surface area (Å²) >= 11 is 0. The molecule has 1 heterocycles. The first-order chi connectivity index (χ1) is 9.51. The van der Waals surface area contributed by atoms with Crippen LogP contribution in [0.1, 0.15) is 35.1 Å². The number of carbonyl (C=O) groups is 1. The standard InChI is InChI=1S/C17H25NO2/c1-12-8-13(2)16(14(3)9-12)11-18-7-5-6-15(10-18)17(19)20-4/h8-9,15H,5-7,10-11H2,1-4H3. The van der Waals surface area contributed by atoms with Crippen LogP contribution >= 0.6 is 0 Å². The van der Waals surface area contributed by atoms with Crippen LogP contribution in [0.3, 0.4) is 0 Å². The van der Waals surface area contributed by atoms with E-state index >= 15 is 0 Å². The SMILES string of the molecule is COC(=O)C1CCCN(Cc2c(C)cc(C)cc2C)C1. The topological polar surface area (TPSA) is 29.5 Å². The lowest BCUT2D eigenvalue weighted by molar-refractivity contribution is -0.147. The highest BCUT2D eigenvalue weighted by atomic mass is 16.5. The highest BCUT2D eigenvalue weighted by molar-refractivity contribution is 5.72. The molecule has 1 unspecified atom stereocenters. The van der Waals surface area contributed by atoms with Crippen molar-refractivity contribution in [2.75, 3.05) is 20.2 Å². The smallest absolute Gasteiger partial charge is 0.309 e. The van der Waals surface area contributed by atoms with Gasteiger partial charge in [-0.05, 0) is 56.8 Å². The molecule has 3 heteroatoms. The van der Waals surface area contributed by atoms with E-state index < -0.39 is 0 Å². The minimum atomic E-state index is -0.0629. The zero-order valence-corrected chi connectivity index (χ0v) is 13.0. The molecule has 0 radical (unpaired) electrons. The summed E-state index contributed by atoms with van der Waals surface area (Å²) in [5.74, 6) is -0.0214. The molecule has 1 atom stereocenters. The van der Waals surface area contributed by atoms with Crippen molar-refractivity contribution in [1.82, 2.24) is 4.90 Å². The zero-order valence-electron chi connectivity index (χ0n) is 13.0. The highest BCUT2D eigenvalue weighted by Crippen LogP contribution is 2.23. The maximum Gasteiger partial charge on any atom is 0.309 e. The van der Waals surface area contributed by atoms with Crippen LogP contribution in [0.25, 0.3) is 0 Å². The molecule has 20 heavy (non-hydrogen) atoms. The number of esters is 1. The van der Waals surface area contributed by atoms with E-state index in [0.29, 0.717) is 0 Å². The quantitative estimate of drug-likeness (QED) is 0.794. The lowest BCUT2D eigenvalue weighted by atomic mass is 9.95. The number of hydrogen-bond donors (Lipinski definition) is 0. The molecule has 2 rings (SSSR count). The number of hydrogen-bond acceptors (Lipinski definition) is 3. The number of carbonyl (C=O) groups excluding carboxylic acids is 1. The van der Waals surface area contributed by atoms with Crippen molar-refractivity contribution in [2.45, 2.75) is 40.2 Å². The molecule has 0 amide bonds. The second-order valence-electron chi connectivity index (χ2n) is 5.97. The van der Waals surface area contributed by atoms with E-state index in [4.69, 9.17) is 4.74 Å². The monoisotopic (exact) mass is 275 g/mol. The third kappa shape index (κ3) is 3.40. The summed E-state index contributed by atoms with van der Waals surface area (Å²) in [6.07, 6.45) is 2.03. The van der Waals surface area contributed by atoms with Crippen LogP contribution in [0, 0.1) is 26.7 Å². The summed E-state index contributed by atoms with van der Waals surface area (Å²) in [5.41, 5.74) is 5.42. The van der Waals surface area contributed by atoms with Crippen LogP contribution in [0.4, 0.5) is 0 Å². The van der Waals surface area contributed by atoms with Crippen LogP contribution in [-0.2, 0) is 16.1 Å². The first kappa shape index (κ1) is 15.0. The average molecular weight is 275 g/mol. The van der Waals surface area contributed by atoms with Gasteiger partial charge in [0.15, 0.2) is 0 Å². The Hall–Kier alpha value is -1.35. The summed E-state index contributed by atoms with van der Waals surface area (Å²) in [4.78, 5) is 14.1. The van der Waals surface area contributed by atoms with Crippen molar-refractivity contribution in [2.24, 2.45) is 5.92 Å². The van der Waals surface area contributed by atoms with Crippen molar-refractivity contribution in [3.63, 3.8) is 0 Å². The first-order valence-electron chi connectivity index (χ1n) is 7.38. The number of methoxy groups -OCH3 is 1. The van der Waals surface area contributed by atoms with Crippen LogP contribution in [0.2, 0.25) is 0 Å². The summed E-state index contributed by atoms with van der Waals surface area (Å²) in [6, 6.07) is 4.48. The molecule has 1 aliphatic heterocycles. The number of rotatable bonds is 3. The molecule has 3 nitrogen and oxygen atoms in total. The molecular formula is C17H25NO2. The van der Waals surface area contributed by atoms with E-state index in [0.717, 1.165) is 32.5 Å². The van der Waals surface area contributed by atoms with Crippen LogP contribution in [0.5, 0.6) is 0 Å². The average Bonchev–Trinajstić information content (AvgIpc) is 2.42. The molecule has 1 aliphatic rings. The Balaban J connectivity index is 2.08. The van der Waals surface area contributed by atoms with Crippen molar-refractivity contribution in [1.29, 1.82) is 0 Å². The number of benzene rings is 1. The fraction of sp³-hybridized carbons (Fsp3) is 0.588. The second kappa shape index (κ2) is 6.40. The van der Waals surface area contributed by atoms with Gasteiger partial charge in [0.05, 0.1) is 13.0 Å². The van der Waals surface area contributed by atoms with Gasteiger partial charge in [-0.1, -0.05) is 17.7 Å². The molecule has 0 aliphatic carbocycles. The Kier molecular flexibility index (Phi) is 4.81. The van der Waals surface area contributed by atoms with E-state index in [-0.39, 0.29) is 11.9 Å². The Labute approximate surface area is 121 Å². The number of ether oxygens (including phenoxy) is 1. The summed E-state index contributed by atoms with van der Waals surface area (Å²) in [7, 11) is 1.48. The lowest BCUT2D eigenvalue weighted by Gasteiger charge is -2.32. The predicted octanol–water partition coefficient (Wildman–Crippen LogP) is 3.00. The molecule has 0 bridgehead atoms. The summed E-state index contributed by atoms with van der Waals surface area (Å²) < 4.78 is 4.89. The van der Waals surface area contributed by atoms with Gasteiger partial charge < -0.3 is 4.74 Å². The number of aryl methyl sites for hydroxylation is 3. The molecule has 1 aromatic rings. The van der Waals surface area contributed by atoms with E-state index in [1.54, 1.807) is 0 Å². The molecule has 110 valence electrons. The maximum absolute atomic E-state index is 11.7. The van der Waals surface area contributed by atoms with Gasteiger partial charge in [0.25, 0.3) is 0 Å². The predicted molar refractivity (Wildman–Crippen MR) is 80.7 cm³/mol. The number of piperidine rings is 1. The molecule has 1 saturated heterocycles. The normalized spacial score (nSPS) is 19.9. The van der Waals surface area contributed by atoms with Gasteiger partial charge in [0.2, 0.25) is 0 Å². The van der Waals surface area contributed by atoms with E-state index in [2.05, 4.69) is 37.8 Å². The highest BCUT2D eigenvalue weighted by Gasteiger charge is 2.26. The summed E-state index contributed by atoms with van der Waals surface area (Å²) in [5, 5.41) is 0. The second-order valence-corrected chi connectivity index (χ2v) is 5.97. The third-order valence-electron chi connectivity index (χ3n) is 4.26. The van der Waals surface area contributed by atoms with Crippen molar-refractivity contribution >= 4 is 5.97 Å². The molecular weight excluding hydrogens is 250 g/mol. The van der Waals surface area contributed by atoms with Crippen LogP contribution in [0.15, 0.2) is 12.1 Å². The fourth-order valence-corrected chi connectivity index (χ4v) is 3.24. The van der Waals surface area contributed by atoms with Crippen molar-refractivity contribution in [3.05, 3.63) is 34.4 Å². The lowest BCUT2D eigenvalue weighted by Crippen LogP contribution is -2.38. The van der Waals surface area contributed by atoms with Crippen molar-refractivity contribution < 1.29 is 9.53 Å². The zero-order chi connectivity index (χ0) is 14.7. The molecule has 0 saturated carbocycles. The Morgan fingerprint density at radius 2 is 1.95 bits per heavy atom. The van der Waals surface area contributed by atoms with Gasteiger partial charge in [0.1, 0.15) is 0 Å². The number of likely N-dealkylation sites (tertiary alicyclic amines) is 1. The Morgan fingerprint density at radius 1 is 1.30 bits per heavy atom.